The molecule has 1 N–H and O–H groups in total. The van der Waals surface area contributed by atoms with E-state index in [-0.39, 0.29) is 31.4 Å². The highest BCUT2D eigenvalue weighted by Crippen LogP contribution is 2.37. The molecule has 1 unspecified atom stereocenters. The molecule has 1 aliphatic heterocycles. The lowest BCUT2D eigenvalue weighted by Gasteiger charge is -2.34. The fraction of sp³-hybridized carbons (Fsp3) is 0.476. The van der Waals surface area contributed by atoms with Crippen LogP contribution in [0.15, 0.2) is 35.5 Å². The first-order valence-corrected chi connectivity index (χ1v) is 9.66. The average molecular weight is 407 g/mol. The summed E-state index contributed by atoms with van der Waals surface area (Å²) in [4.78, 5) is 39.2. The number of halogens is 1. The number of ether oxygens (including phenoxy) is 1. The van der Waals surface area contributed by atoms with Gasteiger partial charge in [-0.2, -0.15) is 0 Å². The number of carbonyl (C=O) groups excluding carboxylic acids is 3. The predicted octanol–water partition coefficient (Wildman–Crippen LogP) is 3.41. The van der Waals surface area contributed by atoms with Gasteiger partial charge in [0.2, 0.25) is 11.8 Å². The number of carbonyl (C=O) groups is 3. The molecule has 0 fully saturated rings. The lowest BCUT2D eigenvalue weighted by molar-refractivity contribution is -0.141. The maximum atomic E-state index is 12.8. The molecule has 0 saturated carbocycles. The first-order chi connectivity index (χ1) is 13.0. The number of allylic oxidation sites excluding steroid dienone is 1. The van der Waals surface area contributed by atoms with Gasteiger partial charge in [-0.25, -0.2) is 4.79 Å². The van der Waals surface area contributed by atoms with Crippen molar-refractivity contribution in [3.05, 3.63) is 46.1 Å². The fourth-order valence-corrected chi connectivity index (χ4v) is 3.49. The van der Waals surface area contributed by atoms with E-state index in [1.165, 1.54) is 4.90 Å². The first kappa shape index (κ1) is 22.0. The minimum absolute atomic E-state index is 0.0641. The number of esters is 1. The lowest BCUT2D eigenvalue weighted by Crippen LogP contribution is -2.48. The van der Waals surface area contributed by atoms with Crippen LogP contribution in [-0.2, 0) is 19.1 Å². The molecule has 2 amide bonds. The maximum absolute atomic E-state index is 12.8. The molecule has 0 aliphatic carbocycles. The van der Waals surface area contributed by atoms with Gasteiger partial charge in [0.15, 0.2) is 0 Å². The van der Waals surface area contributed by atoms with Crippen LogP contribution in [0.25, 0.3) is 0 Å². The number of amides is 2. The quantitative estimate of drug-likeness (QED) is 0.760. The summed E-state index contributed by atoms with van der Waals surface area (Å²) in [7, 11) is 0. The molecule has 0 spiro atoms. The van der Waals surface area contributed by atoms with Crippen LogP contribution >= 0.6 is 11.6 Å². The van der Waals surface area contributed by atoms with E-state index in [1.54, 1.807) is 32.0 Å². The minimum atomic E-state index is -0.487. The van der Waals surface area contributed by atoms with Gasteiger partial charge in [-0.05, 0) is 52.3 Å². The molecule has 0 aromatic heterocycles. The second kappa shape index (κ2) is 8.78. The molecular weight excluding hydrogens is 380 g/mol. The number of rotatable bonds is 5. The highest BCUT2D eigenvalue weighted by molar-refractivity contribution is 6.30. The highest BCUT2D eigenvalue weighted by Gasteiger charge is 2.37. The summed E-state index contributed by atoms with van der Waals surface area (Å²) in [5.41, 5.74) is 1.17. The van der Waals surface area contributed by atoms with Gasteiger partial charge in [-0.3, -0.25) is 9.59 Å². The van der Waals surface area contributed by atoms with Crippen molar-refractivity contribution in [1.29, 1.82) is 0 Å². The average Bonchev–Trinajstić information content (AvgIpc) is 2.56. The third kappa shape index (κ3) is 5.35. The van der Waals surface area contributed by atoms with Crippen LogP contribution in [0.4, 0.5) is 0 Å². The van der Waals surface area contributed by atoms with Crippen molar-refractivity contribution in [1.82, 2.24) is 10.2 Å². The molecule has 6 nitrogen and oxygen atoms in total. The molecule has 2 rings (SSSR count). The minimum Gasteiger partial charge on any atom is -0.463 e. The van der Waals surface area contributed by atoms with Gasteiger partial charge in [0, 0.05) is 28.6 Å². The molecule has 7 heteroatoms. The van der Waals surface area contributed by atoms with Crippen LogP contribution in [0.5, 0.6) is 0 Å². The Labute approximate surface area is 170 Å². The first-order valence-electron chi connectivity index (χ1n) is 9.28. The number of nitrogens with zero attached hydrogens (tertiary/aromatic N) is 1. The van der Waals surface area contributed by atoms with Crippen LogP contribution < -0.4 is 5.32 Å². The zero-order valence-electron chi connectivity index (χ0n) is 17.0. The van der Waals surface area contributed by atoms with Crippen LogP contribution in [0, 0.1) is 0 Å². The van der Waals surface area contributed by atoms with E-state index in [9.17, 15) is 14.4 Å². The Balaban J connectivity index is 2.43. The van der Waals surface area contributed by atoms with E-state index in [0.29, 0.717) is 16.3 Å². The second-order valence-corrected chi connectivity index (χ2v) is 8.25. The topological polar surface area (TPSA) is 75.7 Å². The Kier molecular flexibility index (Phi) is 6.88. The molecular formula is C21H27ClN2O4. The zero-order chi connectivity index (χ0) is 21.1. The van der Waals surface area contributed by atoms with E-state index >= 15 is 0 Å². The molecule has 0 bridgehead atoms. The van der Waals surface area contributed by atoms with Gasteiger partial charge in [0.1, 0.15) is 6.54 Å². The Morgan fingerprint density at radius 2 is 2.00 bits per heavy atom. The summed E-state index contributed by atoms with van der Waals surface area (Å²) in [6.45, 7) is 9.07. The summed E-state index contributed by atoms with van der Waals surface area (Å²) < 4.78 is 5.23. The van der Waals surface area contributed by atoms with Crippen molar-refractivity contribution in [3.63, 3.8) is 0 Å². The molecule has 1 atom stereocenters. The number of nitrogens with one attached hydrogen (secondary N) is 1. The number of benzene rings is 1. The molecule has 1 aromatic rings. The fourth-order valence-electron chi connectivity index (χ4n) is 3.29. The summed E-state index contributed by atoms with van der Waals surface area (Å²) in [5.74, 6) is -1.46. The third-order valence-corrected chi connectivity index (χ3v) is 4.62. The van der Waals surface area contributed by atoms with Gasteiger partial charge in [0.25, 0.3) is 0 Å². The standard InChI is InChI=1S/C21H27ClN2O4/c1-6-28-20(27)19-13(2)24(12-17(25)23-21(3,4)5)18(26)11-16(19)14-8-7-9-15(22)10-14/h7-10,16H,6,11-12H2,1-5H3,(H,23,25). The van der Waals surface area contributed by atoms with Crippen LogP contribution in [0.2, 0.25) is 5.02 Å². The Hall–Kier alpha value is -2.34. The molecule has 0 radical (unpaired) electrons. The lowest BCUT2D eigenvalue weighted by atomic mass is 9.83. The number of hydrogen-bond donors (Lipinski definition) is 1. The van der Waals surface area contributed by atoms with Gasteiger partial charge in [-0.1, -0.05) is 23.7 Å². The predicted molar refractivity (Wildman–Crippen MR) is 108 cm³/mol. The smallest absolute Gasteiger partial charge is 0.336 e. The van der Waals surface area contributed by atoms with E-state index in [2.05, 4.69) is 5.32 Å². The SMILES string of the molecule is CCOC(=O)C1=C(C)N(CC(=O)NC(C)(C)C)C(=O)CC1c1cccc(Cl)c1. The number of hydrogen-bond acceptors (Lipinski definition) is 4. The normalized spacial score (nSPS) is 17.6. The maximum Gasteiger partial charge on any atom is 0.336 e. The van der Waals surface area contributed by atoms with E-state index in [1.807, 2.05) is 26.8 Å². The molecule has 0 saturated heterocycles. The highest BCUT2D eigenvalue weighted by atomic mass is 35.5. The third-order valence-electron chi connectivity index (χ3n) is 4.39. The van der Waals surface area contributed by atoms with Crippen molar-refractivity contribution in [2.24, 2.45) is 0 Å². The van der Waals surface area contributed by atoms with E-state index < -0.39 is 17.4 Å². The monoisotopic (exact) mass is 406 g/mol. The van der Waals surface area contributed by atoms with Crippen LogP contribution in [0.1, 0.15) is 52.5 Å². The van der Waals surface area contributed by atoms with Crippen molar-refractivity contribution in [3.8, 4) is 0 Å². The van der Waals surface area contributed by atoms with Crippen molar-refractivity contribution < 1.29 is 19.1 Å². The van der Waals surface area contributed by atoms with Crippen molar-refractivity contribution in [2.75, 3.05) is 13.2 Å². The largest absolute Gasteiger partial charge is 0.463 e. The van der Waals surface area contributed by atoms with Gasteiger partial charge in [0.05, 0.1) is 12.2 Å². The second-order valence-electron chi connectivity index (χ2n) is 7.81. The van der Waals surface area contributed by atoms with Gasteiger partial charge < -0.3 is 15.0 Å². The zero-order valence-corrected chi connectivity index (χ0v) is 17.7. The summed E-state index contributed by atoms with van der Waals surface area (Å²) in [5, 5.41) is 3.36. The molecule has 1 aromatic carbocycles. The summed E-state index contributed by atoms with van der Waals surface area (Å²) >= 11 is 6.10. The van der Waals surface area contributed by atoms with Crippen molar-refractivity contribution >= 4 is 29.4 Å². The Morgan fingerprint density at radius 1 is 1.32 bits per heavy atom. The van der Waals surface area contributed by atoms with Crippen LogP contribution in [-0.4, -0.2) is 41.4 Å². The molecule has 152 valence electrons. The van der Waals surface area contributed by atoms with Crippen molar-refractivity contribution in [2.45, 2.75) is 52.5 Å². The summed E-state index contributed by atoms with van der Waals surface area (Å²) in [6, 6.07) is 7.09. The van der Waals surface area contributed by atoms with E-state index in [0.717, 1.165) is 5.56 Å². The Morgan fingerprint density at radius 3 is 2.57 bits per heavy atom. The van der Waals surface area contributed by atoms with Gasteiger partial charge >= 0.3 is 5.97 Å². The molecule has 1 aliphatic rings. The molecule has 1 heterocycles. The molecule has 28 heavy (non-hydrogen) atoms. The summed E-state index contributed by atoms with van der Waals surface area (Å²) in [6.07, 6.45) is 0.0641. The van der Waals surface area contributed by atoms with E-state index in [4.69, 9.17) is 16.3 Å². The Bertz CT molecular complexity index is 811. The van der Waals surface area contributed by atoms with Crippen LogP contribution in [0.3, 0.4) is 0 Å². The van der Waals surface area contributed by atoms with Gasteiger partial charge in [-0.15, -0.1) is 0 Å².